The summed E-state index contributed by atoms with van der Waals surface area (Å²) in [5.74, 6) is 0. The lowest BCUT2D eigenvalue weighted by Crippen LogP contribution is -2.00. The fraction of sp³-hybridized carbons (Fsp3) is 0.143. The maximum absolute atomic E-state index is 11.1. The van der Waals surface area contributed by atoms with Crippen molar-refractivity contribution in [3.63, 3.8) is 0 Å². The average Bonchev–Trinajstić information content (AvgIpc) is 2.00. The molecule has 1 rings (SSSR count). The largest absolute Gasteiger partial charge is 0.287 e. The van der Waals surface area contributed by atoms with Crippen molar-refractivity contribution in [3.05, 3.63) is 32.3 Å². The molecule has 0 saturated carbocycles. The third-order valence-corrected chi connectivity index (χ3v) is 3.88. The molecule has 0 aliphatic rings. The second-order valence-corrected chi connectivity index (χ2v) is 6.10. The predicted molar refractivity (Wildman–Crippen MR) is 58.6 cm³/mol. The Bertz CT molecular complexity index is 528. The van der Waals surface area contributed by atoms with Crippen molar-refractivity contribution in [2.45, 2.75) is 11.8 Å². The maximum Gasteiger partial charge on any atom is 0.287 e. The van der Waals surface area contributed by atoms with Crippen molar-refractivity contribution in [3.8, 4) is 0 Å². The number of hydrogen-bond donors (Lipinski definition) is 0. The molecule has 0 saturated heterocycles. The number of benzene rings is 1. The molecule has 8 heteroatoms. The molecule has 1 aromatic carbocycles. The molecule has 0 N–H and O–H groups in total. The van der Waals surface area contributed by atoms with Gasteiger partial charge in [0.25, 0.3) is 14.7 Å². The van der Waals surface area contributed by atoms with E-state index in [9.17, 15) is 18.5 Å². The van der Waals surface area contributed by atoms with Crippen LogP contribution in [0.2, 0.25) is 0 Å². The fourth-order valence-electron chi connectivity index (χ4n) is 1.14. The van der Waals surface area contributed by atoms with E-state index in [0.717, 1.165) is 0 Å². The summed E-state index contributed by atoms with van der Waals surface area (Å²) < 4.78 is 22.4. The van der Waals surface area contributed by atoms with Gasteiger partial charge in [-0.3, -0.25) is 10.1 Å². The zero-order valence-corrected chi connectivity index (χ0v) is 10.6. The Balaban J connectivity index is 3.64. The first kappa shape index (κ1) is 12.4. The Morgan fingerprint density at radius 1 is 1.47 bits per heavy atom. The lowest BCUT2D eigenvalue weighted by atomic mass is 10.2. The van der Waals surface area contributed by atoms with Gasteiger partial charge >= 0.3 is 0 Å². The molecule has 0 aliphatic heterocycles. The zero-order valence-electron chi connectivity index (χ0n) is 7.40. The Kier molecular flexibility index (Phi) is 3.37. The molecule has 0 amide bonds. The molecule has 0 atom stereocenters. The first-order valence-corrected chi connectivity index (χ1v) is 6.73. The molecule has 0 aliphatic carbocycles. The van der Waals surface area contributed by atoms with Gasteiger partial charge in [-0.2, -0.15) is 0 Å². The zero-order chi connectivity index (χ0) is 11.8. The summed E-state index contributed by atoms with van der Waals surface area (Å²) in [6.07, 6.45) is 0. The molecule has 5 nitrogen and oxygen atoms in total. The van der Waals surface area contributed by atoms with Gasteiger partial charge in [-0.15, -0.1) is 0 Å². The molecular weight excluding hydrogens is 310 g/mol. The van der Waals surface area contributed by atoms with Gasteiger partial charge in [0.15, 0.2) is 0 Å². The van der Waals surface area contributed by atoms with Crippen LogP contribution >= 0.6 is 26.6 Å². The molecule has 0 unspecified atom stereocenters. The highest BCUT2D eigenvalue weighted by atomic mass is 79.9. The average molecular weight is 315 g/mol. The smallest absolute Gasteiger partial charge is 0.258 e. The first-order chi connectivity index (χ1) is 6.75. The summed E-state index contributed by atoms with van der Waals surface area (Å²) in [6.45, 7) is 1.33. The first-order valence-electron chi connectivity index (χ1n) is 3.63. The highest BCUT2D eigenvalue weighted by Crippen LogP contribution is 2.33. The maximum atomic E-state index is 11.1. The van der Waals surface area contributed by atoms with Gasteiger partial charge in [0.1, 0.15) is 0 Å². The van der Waals surface area contributed by atoms with Crippen molar-refractivity contribution in [2.24, 2.45) is 0 Å². The van der Waals surface area contributed by atoms with E-state index in [1.807, 2.05) is 0 Å². The normalized spacial score (nSPS) is 11.4. The number of rotatable bonds is 2. The van der Waals surface area contributed by atoms with Crippen molar-refractivity contribution < 1.29 is 13.3 Å². The Labute approximate surface area is 98.7 Å². The van der Waals surface area contributed by atoms with Crippen LogP contribution in [0.25, 0.3) is 0 Å². The number of nitro benzene ring substituents is 1. The molecule has 0 spiro atoms. The summed E-state index contributed by atoms with van der Waals surface area (Å²) >= 11 is 2.97. The standard InChI is InChI=1S/C7H5BrClNO4S/c1-4-6(15(9,13)14)3-2-5(8)7(4)10(11)12/h2-3H,1H3. The van der Waals surface area contributed by atoms with Crippen molar-refractivity contribution in [1.29, 1.82) is 0 Å². The van der Waals surface area contributed by atoms with E-state index in [1.54, 1.807) is 0 Å². The second-order valence-electron chi connectivity index (χ2n) is 2.71. The van der Waals surface area contributed by atoms with Crippen LogP contribution in [0.3, 0.4) is 0 Å². The molecule has 82 valence electrons. The quantitative estimate of drug-likeness (QED) is 0.477. The molecular formula is C7H5BrClNO4S. The lowest BCUT2D eigenvalue weighted by Gasteiger charge is -2.03. The monoisotopic (exact) mass is 313 g/mol. The highest BCUT2D eigenvalue weighted by Gasteiger charge is 2.24. The van der Waals surface area contributed by atoms with Crippen molar-refractivity contribution >= 4 is 41.4 Å². The van der Waals surface area contributed by atoms with Crippen LogP contribution in [0.5, 0.6) is 0 Å². The molecule has 0 aromatic heterocycles. The second kappa shape index (κ2) is 4.07. The topological polar surface area (TPSA) is 77.3 Å². The molecule has 1 aromatic rings. The third kappa shape index (κ3) is 2.47. The van der Waals surface area contributed by atoms with Crippen LogP contribution in [0.1, 0.15) is 5.56 Å². The minimum atomic E-state index is -3.96. The van der Waals surface area contributed by atoms with Crippen LogP contribution in [-0.2, 0) is 9.05 Å². The van der Waals surface area contributed by atoms with Crippen molar-refractivity contribution in [2.75, 3.05) is 0 Å². The Morgan fingerprint density at radius 2 is 2.00 bits per heavy atom. The minimum Gasteiger partial charge on any atom is -0.258 e. The van der Waals surface area contributed by atoms with E-state index >= 15 is 0 Å². The third-order valence-electron chi connectivity index (χ3n) is 1.78. The Hall–Kier alpha value is -0.660. The summed E-state index contributed by atoms with van der Waals surface area (Å²) in [5.41, 5.74) is -0.277. The van der Waals surface area contributed by atoms with E-state index < -0.39 is 14.0 Å². The van der Waals surface area contributed by atoms with Crippen LogP contribution in [0.4, 0.5) is 5.69 Å². The Morgan fingerprint density at radius 3 is 2.40 bits per heavy atom. The summed E-state index contributed by atoms with van der Waals surface area (Å²) in [7, 11) is 1.17. The van der Waals surface area contributed by atoms with Crippen molar-refractivity contribution in [1.82, 2.24) is 0 Å². The summed E-state index contributed by atoms with van der Waals surface area (Å²) in [4.78, 5) is 9.75. The van der Waals surface area contributed by atoms with Gasteiger partial charge in [-0.1, -0.05) is 0 Å². The van der Waals surface area contributed by atoms with Gasteiger partial charge in [0.05, 0.1) is 14.3 Å². The van der Waals surface area contributed by atoms with E-state index in [2.05, 4.69) is 15.9 Å². The molecule has 0 fully saturated rings. The van der Waals surface area contributed by atoms with E-state index in [1.165, 1.54) is 19.1 Å². The van der Waals surface area contributed by atoms with Gasteiger partial charge in [-0.05, 0) is 35.0 Å². The predicted octanol–water partition coefficient (Wildman–Crippen LogP) is 2.59. The van der Waals surface area contributed by atoms with Crippen LogP contribution in [0, 0.1) is 17.0 Å². The van der Waals surface area contributed by atoms with Gasteiger partial charge < -0.3 is 0 Å². The molecule has 0 radical (unpaired) electrons. The van der Waals surface area contributed by atoms with Crippen LogP contribution in [0.15, 0.2) is 21.5 Å². The minimum absolute atomic E-state index is 0.0179. The van der Waals surface area contributed by atoms with Gasteiger partial charge in [0.2, 0.25) is 0 Å². The van der Waals surface area contributed by atoms with Crippen LogP contribution < -0.4 is 0 Å². The van der Waals surface area contributed by atoms with Crippen LogP contribution in [-0.4, -0.2) is 13.3 Å². The number of halogens is 2. The van der Waals surface area contributed by atoms with E-state index in [4.69, 9.17) is 10.7 Å². The molecule has 0 bridgehead atoms. The number of nitrogens with zero attached hydrogens (tertiary/aromatic N) is 1. The van der Waals surface area contributed by atoms with E-state index in [0.29, 0.717) is 0 Å². The molecule has 0 heterocycles. The van der Waals surface area contributed by atoms with Gasteiger partial charge in [-0.25, -0.2) is 8.42 Å². The summed E-state index contributed by atoms with van der Waals surface area (Å²) in [6, 6.07) is 2.50. The number of nitro groups is 1. The van der Waals surface area contributed by atoms with Gasteiger partial charge in [0, 0.05) is 16.2 Å². The van der Waals surface area contributed by atoms with E-state index in [-0.39, 0.29) is 20.6 Å². The SMILES string of the molecule is Cc1c(S(=O)(=O)Cl)ccc(Br)c1[N+](=O)[O-]. The highest BCUT2D eigenvalue weighted by molar-refractivity contribution is 9.10. The fourth-order valence-corrected chi connectivity index (χ4v) is 2.91. The molecule has 15 heavy (non-hydrogen) atoms. The number of hydrogen-bond acceptors (Lipinski definition) is 4. The lowest BCUT2D eigenvalue weighted by molar-refractivity contribution is -0.386. The summed E-state index contributed by atoms with van der Waals surface area (Å²) in [5, 5.41) is 10.7.